The maximum absolute atomic E-state index is 13.1. The van der Waals surface area contributed by atoms with Crippen LogP contribution in [0.2, 0.25) is 0 Å². The van der Waals surface area contributed by atoms with Crippen LogP contribution in [0.3, 0.4) is 0 Å². The zero-order valence-electron chi connectivity index (χ0n) is 11.7. The van der Waals surface area contributed by atoms with Crippen LogP contribution in [-0.2, 0) is 4.79 Å². The van der Waals surface area contributed by atoms with E-state index >= 15 is 0 Å². The Kier molecular flexibility index (Phi) is 3.09. The van der Waals surface area contributed by atoms with Gasteiger partial charge in [-0.25, -0.2) is 9.18 Å². The van der Waals surface area contributed by atoms with Crippen LogP contribution in [0.15, 0.2) is 48.5 Å². The third kappa shape index (κ3) is 2.00. The largest absolute Gasteiger partial charge is 0.478 e. The predicted octanol–water partition coefficient (Wildman–Crippen LogP) is 2.70. The van der Waals surface area contributed by atoms with Crippen molar-refractivity contribution in [2.75, 3.05) is 10.2 Å². The van der Waals surface area contributed by atoms with Crippen LogP contribution in [0.25, 0.3) is 0 Å². The number of nitrogens with one attached hydrogen (secondary N) is 1. The molecule has 0 bridgehead atoms. The van der Waals surface area contributed by atoms with Crippen molar-refractivity contribution in [3.8, 4) is 0 Å². The third-order valence-corrected chi connectivity index (χ3v) is 3.69. The average Bonchev–Trinajstić information content (AvgIpc) is 2.49. The molecule has 0 spiro atoms. The fraction of sp³-hybridized carbons (Fsp3) is 0.125. The number of carbonyl (C=O) groups is 2. The number of hydrogen-bond donors (Lipinski definition) is 2. The van der Waals surface area contributed by atoms with Crippen LogP contribution in [-0.4, -0.2) is 22.6 Å². The van der Waals surface area contributed by atoms with Gasteiger partial charge < -0.3 is 10.4 Å². The number of halogens is 1. The Morgan fingerprint density at radius 2 is 1.82 bits per heavy atom. The van der Waals surface area contributed by atoms with E-state index in [9.17, 15) is 19.1 Å². The summed E-state index contributed by atoms with van der Waals surface area (Å²) in [5.41, 5.74) is -0.539. The Hall–Kier alpha value is -2.89. The number of amides is 1. The van der Waals surface area contributed by atoms with E-state index in [2.05, 4.69) is 5.32 Å². The Morgan fingerprint density at radius 1 is 1.18 bits per heavy atom. The average molecular weight is 300 g/mol. The zero-order valence-corrected chi connectivity index (χ0v) is 11.7. The maximum Gasteiger partial charge on any atom is 0.350 e. The van der Waals surface area contributed by atoms with Gasteiger partial charge in [-0.15, -0.1) is 0 Å². The second-order valence-electron chi connectivity index (χ2n) is 5.16. The van der Waals surface area contributed by atoms with Gasteiger partial charge in [-0.3, -0.25) is 9.69 Å². The minimum absolute atomic E-state index is 0.304. The number of carboxylic acid groups (broad SMARTS) is 1. The standard InChI is InChI=1S/C16H13FN2O3/c1-16(15(21)22)18-13-5-3-2-4-12(13)14(20)19(16)11-8-6-10(17)7-9-11/h2-9,18H,1H3,(H,21,22). The molecule has 1 unspecified atom stereocenters. The van der Waals surface area contributed by atoms with E-state index in [1.807, 2.05) is 0 Å². The van der Waals surface area contributed by atoms with E-state index < -0.39 is 23.4 Å². The first kappa shape index (κ1) is 14.1. The Labute approximate surface area is 126 Å². The van der Waals surface area contributed by atoms with Gasteiger partial charge in [0.15, 0.2) is 0 Å². The van der Waals surface area contributed by atoms with Crippen LogP contribution < -0.4 is 10.2 Å². The highest BCUT2D eigenvalue weighted by Crippen LogP contribution is 2.35. The van der Waals surface area contributed by atoms with Crippen molar-refractivity contribution in [1.29, 1.82) is 0 Å². The molecule has 6 heteroatoms. The van der Waals surface area contributed by atoms with Gasteiger partial charge in [0.25, 0.3) is 5.91 Å². The number of carboxylic acids is 1. The molecule has 0 radical (unpaired) electrons. The number of para-hydroxylation sites is 1. The molecular weight excluding hydrogens is 287 g/mol. The molecule has 2 N–H and O–H groups in total. The SMILES string of the molecule is CC1(C(=O)O)Nc2ccccc2C(=O)N1c1ccc(F)cc1. The number of fused-ring (bicyclic) bond motifs is 1. The number of anilines is 2. The van der Waals surface area contributed by atoms with Crippen molar-refractivity contribution in [2.45, 2.75) is 12.6 Å². The van der Waals surface area contributed by atoms with Crippen LogP contribution in [0.5, 0.6) is 0 Å². The molecule has 0 aliphatic carbocycles. The van der Waals surface area contributed by atoms with Crippen molar-refractivity contribution < 1.29 is 19.1 Å². The fourth-order valence-corrected chi connectivity index (χ4v) is 2.54. The Balaban J connectivity index is 2.19. The molecule has 1 aliphatic heterocycles. The first-order chi connectivity index (χ1) is 10.4. The molecule has 5 nitrogen and oxygen atoms in total. The number of aliphatic carboxylic acids is 1. The zero-order chi connectivity index (χ0) is 15.9. The normalized spacial score (nSPS) is 20.3. The van der Waals surface area contributed by atoms with Gasteiger partial charge in [0, 0.05) is 11.4 Å². The monoisotopic (exact) mass is 300 g/mol. The van der Waals surface area contributed by atoms with Crippen molar-refractivity contribution >= 4 is 23.3 Å². The Bertz CT molecular complexity index is 760. The first-order valence-corrected chi connectivity index (χ1v) is 6.64. The van der Waals surface area contributed by atoms with Crippen molar-refractivity contribution in [3.63, 3.8) is 0 Å². The summed E-state index contributed by atoms with van der Waals surface area (Å²) in [6.45, 7) is 1.40. The van der Waals surface area contributed by atoms with Gasteiger partial charge in [0.2, 0.25) is 5.66 Å². The molecule has 2 aromatic rings. The van der Waals surface area contributed by atoms with Crippen LogP contribution >= 0.6 is 0 Å². The summed E-state index contributed by atoms with van der Waals surface area (Å²) in [7, 11) is 0. The van der Waals surface area contributed by atoms with Crippen LogP contribution in [0, 0.1) is 5.82 Å². The van der Waals surface area contributed by atoms with Crippen molar-refractivity contribution in [2.24, 2.45) is 0 Å². The minimum atomic E-state index is -1.66. The topological polar surface area (TPSA) is 69.6 Å². The minimum Gasteiger partial charge on any atom is -0.478 e. The summed E-state index contributed by atoms with van der Waals surface area (Å²) in [5, 5.41) is 12.5. The van der Waals surface area contributed by atoms with E-state index in [1.165, 1.54) is 31.2 Å². The lowest BCUT2D eigenvalue weighted by Crippen LogP contribution is -2.63. The molecule has 1 aliphatic rings. The van der Waals surface area contributed by atoms with Gasteiger partial charge in [0.1, 0.15) is 5.82 Å². The summed E-state index contributed by atoms with van der Waals surface area (Å²) in [4.78, 5) is 25.6. The highest BCUT2D eigenvalue weighted by Gasteiger charge is 2.47. The second kappa shape index (κ2) is 4.84. The van der Waals surface area contributed by atoms with Crippen LogP contribution in [0.1, 0.15) is 17.3 Å². The van der Waals surface area contributed by atoms with E-state index in [-0.39, 0.29) is 0 Å². The van der Waals surface area contributed by atoms with E-state index in [0.717, 1.165) is 4.90 Å². The summed E-state index contributed by atoms with van der Waals surface area (Å²) in [6, 6.07) is 11.8. The fourth-order valence-electron chi connectivity index (χ4n) is 2.54. The third-order valence-electron chi connectivity index (χ3n) is 3.69. The molecule has 22 heavy (non-hydrogen) atoms. The predicted molar refractivity (Wildman–Crippen MR) is 79.3 cm³/mol. The summed E-state index contributed by atoms with van der Waals surface area (Å²) >= 11 is 0. The number of rotatable bonds is 2. The van der Waals surface area contributed by atoms with Crippen molar-refractivity contribution in [1.82, 2.24) is 0 Å². The molecule has 3 rings (SSSR count). The number of hydrogen-bond acceptors (Lipinski definition) is 3. The molecule has 1 heterocycles. The quantitative estimate of drug-likeness (QED) is 0.894. The van der Waals surface area contributed by atoms with E-state index in [1.54, 1.807) is 24.3 Å². The summed E-state index contributed by atoms with van der Waals surface area (Å²) in [6.07, 6.45) is 0. The van der Waals surface area contributed by atoms with Gasteiger partial charge in [-0.05, 0) is 43.3 Å². The molecule has 0 saturated carbocycles. The number of carbonyl (C=O) groups excluding carboxylic acids is 1. The molecule has 0 fully saturated rings. The maximum atomic E-state index is 13.1. The lowest BCUT2D eigenvalue weighted by atomic mass is 9.99. The molecule has 0 aromatic heterocycles. The number of benzene rings is 2. The van der Waals surface area contributed by atoms with Gasteiger partial charge in [0.05, 0.1) is 5.56 Å². The highest BCUT2D eigenvalue weighted by atomic mass is 19.1. The smallest absolute Gasteiger partial charge is 0.350 e. The Morgan fingerprint density at radius 3 is 2.45 bits per heavy atom. The van der Waals surface area contributed by atoms with E-state index in [4.69, 9.17) is 0 Å². The molecule has 2 aromatic carbocycles. The van der Waals surface area contributed by atoms with Gasteiger partial charge in [-0.1, -0.05) is 12.1 Å². The summed E-state index contributed by atoms with van der Waals surface area (Å²) < 4.78 is 13.1. The lowest BCUT2D eigenvalue weighted by Gasteiger charge is -2.43. The van der Waals surface area contributed by atoms with Crippen LogP contribution in [0.4, 0.5) is 15.8 Å². The molecule has 112 valence electrons. The van der Waals surface area contributed by atoms with E-state index in [0.29, 0.717) is 16.9 Å². The first-order valence-electron chi connectivity index (χ1n) is 6.64. The molecule has 1 amide bonds. The van der Waals surface area contributed by atoms with Crippen molar-refractivity contribution in [3.05, 3.63) is 59.9 Å². The summed E-state index contributed by atoms with van der Waals surface area (Å²) in [5.74, 6) is -2.12. The number of nitrogens with zero attached hydrogens (tertiary/aromatic N) is 1. The molecular formula is C16H13FN2O3. The van der Waals surface area contributed by atoms with Gasteiger partial charge >= 0.3 is 5.97 Å². The second-order valence-corrected chi connectivity index (χ2v) is 5.16. The van der Waals surface area contributed by atoms with Gasteiger partial charge in [-0.2, -0.15) is 0 Å². The molecule has 0 saturated heterocycles. The highest BCUT2D eigenvalue weighted by molar-refractivity contribution is 6.16. The lowest BCUT2D eigenvalue weighted by molar-refractivity contribution is -0.141. The molecule has 1 atom stereocenters.